The summed E-state index contributed by atoms with van der Waals surface area (Å²) in [7, 11) is 1.64. The monoisotopic (exact) mass is 244 g/mol. The van der Waals surface area contributed by atoms with Gasteiger partial charge in [-0.25, -0.2) is 0 Å². The van der Waals surface area contributed by atoms with Crippen LogP contribution in [0.2, 0.25) is 0 Å². The Bertz CT molecular complexity index is 545. The number of furan rings is 1. The number of aryl methyl sites for hydroxylation is 1. The van der Waals surface area contributed by atoms with Crippen molar-refractivity contribution in [2.75, 3.05) is 7.11 Å². The molecule has 1 unspecified atom stereocenters. The van der Waals surface area contributed by atoms with Crippen LogP contribution in [0.1, 0.15) is 23.3 Å². The maximum atomic E-state index is 10.8. The van der Waals surface area contributed by atoms with E-state index in [1.54, 1.807) is 13.4 Å². The van der Waals surface area contributed by atoms with Crippen LogP contribution in [0, 0.1) is 0 Å². The van der Waals surface area contributed by atoms with E-state index < -0.39 is 5.60 Å². The lowest BCUT2D eigenvalue weighted by Gasteiger charge is -2.23. The van der Waals surface area contributed by atoms with Crippen LogP contribution in [0.15, 0.2) is 41.0 Å². The summed E-state index contributed by atoms with van der Waals surface area (Å²) in [6.07, 6.45) is 3.78. The standard InChI is InChI=1S/C15H16O3/c1-17-12-5-4-11-6-7-15(16,14(11)9-12)10-13-3-2-8-18-13/h2-5,8-9,16H,6-7,10H2,1H3. The van der Waals surface area contributed by atoms with Crippen molar-refractivity contribution in [3.8, 4) is 5.75 Å². The summed E-state index contributed by atoms with van der Waals surface area (Å²) in [6, 6.07) is 9.66. The Balaban J connectivity index is 1.96. The molecule has 1 aliphatic rings. The van der Waals surface area contributed by atoms with E-state index in [-0.39, 0.29) is 0 Å². The van der Waals surface area contributed by atoms with Gasteiger partial charge >= 0.3 is 0 Å². The molecule has 1 aliphatic carbocycles. The van der Waals surface area contributed by atoms with Crippen molar-refractivity contribution in [3.05, 3.63) is 53.5 Å². The van der Waals surface area contributed by atoms with E-state index in [1.807, 2.05) is 30.3 Å². The Labute approximate surface area is 106 Å². The van der Waals surface area contributed by atoms with Gasteiger partial charge in [0.05, 0.1) is 19.0 Å². The van der Waals surface area contributed by atoms with Crippen LogP contribution in [0.5, 0.6) is 5.75 Å². The van der Waals surface area contributed by atoms with Crippen LogP contribution in [-0.4, -0.2) is 12.2 Å². The highest BCUT2D eigenvalue weighted by atomic mass is 16.5. The van der Waals surface area contributed by atoms with E-state index >= 15 is 0 Å². The molecule has 0 amide bonds. The lowest BCUT2D eigenvalue weighted by molar-refractivity contribution is 0.0337. The van der Waals surface area contributed by atoms with Gasteiger partial charge in [0, 0.05) is 6.42 Å². The number of rotatable bonds is 3. The van der Waals surface area contributed by atoms with E-state index in [2.05, 4.69) is 0 Å². The van der Waals surface area contributed by atoms with Gasteiger partial charge in [-0.1, -0.05) is 6.07 Å². The van der Waals surface area contributed by atoms with Gasteiger partial charge in [-0.05, 0) is 48.2 Å². The first-order valence-corrected chi connectivity index (χ1v) is 6.13. The molecule has 94 valence electrons. The maximum Gasteiger partial charge on any atom is 0.119 e. The number of aliphatic hydroxyl groups is 1. The predicted octanol–water partition coefficient (Wildman–Crippen LogP) is 2.66. The molecule has 2 aromatic rings. The zero-order chi connectivity index (χ0) is 12.6. The van der Waals surface area contributed by atoms with Gasteiger partial charge in [0.15, 0.2) is 0 Å². The fourth-order valence-corrected chi connectivity index (χ4v) is 2.69. The SMILES string of the molecule is COc1ccc2c(c1)C(O)(Cc1ccco1)CC2. The van der Waals surface area contributed by atoms with Gasteiger partial charge in [0.2, 0.25) is 0 Å². The third-order valence-electron chi connectivity index (χ3n) is 3.67. The lowest BCUT2D eigenvalue weighted by Crippen LogP contribution is -2.25. The molecule has 3 rings (SSSR count). The first kappa shape index (κ1) is 11.4. The molecule has 0 spiro atoms. The molecule has 0 saturated carbocycles. The first-order chi connectivity index (χ1) is 8.71. The number of benzene rings is 1. The molecule has 3 nitrogen and oxygen atoms in total. The summed E-state index contributed by atoms with van der Waals surface area (Å²) in [5, 5.41) is 10.8. The van der Waals surface area contributed by atoms with E-state index in [0.717, 1.165) is 29.9 Å². The lowest BCUT2D eigenvalue weighted by atomic mass is 9.91. The van der Waals surface area contributed by atoms with Crippen molar-refractivity contribution in [2.24, 2.45) is 0 Å². The number of hydrogen-bond acceptors (Lipinski definition) is 3. The van der Waals surface area contributed by atoms with Gasteiger partial charge in [0.1, 0.15) is 11.5 Å². The highest BCUT2D eigenvalue weighted by Crippen LogP contribution is 2.41. The van der Waals surface area contributed by atoms with Crippen molar-refractivity contribution in [2.45, 2.75) is 24.9 Å². The quantitative estimate of drug-likeness (QED) is 0.902. The molecule has 3 heteroatoms. The van der Waals surface area contributed by atoms with Gasteiger partial charge in [0.25, 0.3) is 0 Å². The summed E-state index contributed by atoms with van der Waals surface area (Å²) in [5.41, 5.74) is 1.34. The Morgan fingerprint density at radius 3 is 3.00 bits per heavy atom. The van der Waals surface area contributed by atoms with Crippen molar-refractivity contribution in [3.63, 3.8) is 0 Å². The van der Waals surface area contributed by atoms with Gasteiger partial charge in [-0.15, -0.1) is 0 Å². The van der Waals surface area contributed by atoms with Crippen LogP contribution in [0.3, 0.4) is 0 Å². The zero-order valence-electron chi connectivity index (χ0n) is 10.3. The minimum absolute atomic E-state index is 0.514. The topological polar surface area (TPSA) is 42.6 Å². The smallest absolute Gasteiger partial charge is 0.119 e. The third-order valence-corrected chi connectivity index (χ3v) is 3.67. The molecule has 1 N–H and O–H groups in total. The van der Waals surface area contributed by atoms with Crippen molar-refractivity contribution in [1.82, 2.24) is 0 Å². The molecule has 1 heterocycles. The van der Waals surface area contributed by atoms with Gasteiger partial charge in [-0.3, -0.25) is 0 Å². The van der Waals surface area contributed by atoms with Crippen molar-refractivity contribution in [1.29, 1.82) is 0 Å². The summed E-state index contributed by atoms with van der Waals surface area (Å²) < 4.78 is 10.6. The summed E-state index contributed by atoms with van der Waals surface area (Å²) in [4.78, 5) is 0. The molecular weight excluding hydrogens is 228 g/mol. The highest BCUT2D eigenvalue weighted by molar-refractivity contribution is 5.43. The van der Waals surface area contributed by atoms with Crippen LogP contribution >= 0.6 is 0 Å². The number of methoxy groups -OCH3 is 1. The van der Waals surface area contributed by atoms with Crippen LogP contribution in [0.4, 0.5) is 0 Å². The molecule has 18 heavy (non-hydrogen) atoms. The fraction of sp³-hybridized carbons (Fsp3) is 0.333. The maximum absolute atomic E-state index is 10.8. The summed E-state index contributed by atoms with van der Waals surface area (Å²) in [6.45, 7) is 0. The van der Waals surface area contributed by atoms with E-state index in [0.29, 0.717) is 6.42 Å². The first-order valence-electron chi connectivity index (χ1n) is 6.13. The summed E-state index contributed by atoms with van der Waals surface area (Å²) in [5.74, 6) is 1.60. The minimum atomic E-state index is -0.832. The molecule has 1 aromatic carbocycles. The fourth-order valence-electron chi connectivity index (χ4n) is 2.69. The molecule has 1 aromatic heterocycles. The predicted molar refractivity (Wildman–Crippen MR) is 67.6 cm³/mol. The van der Waals surface area contributed by atoms with Gasteiger partial charge in [-0.2, -0.15) is 0 Å². The van der Waals surface area contributed by atoms with Crippen LogP contribution in [-0.2, 0) is 18.4 Å². The second-order valence-electron chi connectivity index (χ2n) is 4.81. The molecule has 0 fully saturated rings. The van der Waals surface area contributed by atoms with Crippen LogP contribution < -0.4 is 4.74 Å². The minimum Gasteiger partial charge on any atom is -0.497 e. The van der Waals surface area contributed by atoms with Crippen LogP contribution in [0.25, 0.3) is 0 Å². The second kappa shape index (κ2) is 4.18. The Morgan fingerprint density at radius 2 is 2.28 bits per heavy atom. The number of ether oxygens (including phenoxy) is 1. The average Bonchev–Trinajstić information content (AvgIpc) is 2.99. The summed E-state index contributed by atoms with van der Waals surface area (Å²) >= 11 is 0. The number of hydrogen-bond donors (Lipinski definition) is 1. The van der Waals surface area contributed by atoms with Crippen molar-refractivity contribution < 1.29 is 14.3 Å². The van der Waals surface area contributed by atoms with E-state index in [9.17, 15) is 5.11 Å². The average molecular weight is 244 g/mol. The second-order valence-corrected chi connectivity index (χ2v) is 4.81. The Morgan fingerprint density at radius 1 is 1.39 bits per heavy atom. The van der Waals surface area contributed by atoms with E-state index in [1.165, 1.54) is 5.56 Å². The number of fused-ring (bicyclic) bond motifs is 1. The van der Waals surface area contributed by atoms with Gasteiger partial charge < -0.3 is 14.3 Å². The molecule has 1 atom stereocenters. The Kier molecular flexibility index (Phi) is 2.63. The third kappa shape index (κ3) is 1.81. The molecule has 0 saturated heterocycles. The van der Waals surface area contributed by atoms with E-state index in [4.69, 9.17) is 9.15 Å². The largest absolute Gasteiger partial charge is 0.497 e. The molecule has 0 radical (unpaired) electrons. The zero-order valence-corrected chi connectivity index (χ0v) is 10.3. The molecule has 0 bridgehead atoms. The Hall–Kier alpha value is -1.74. The molecule has 0 aliphatic heterocycles. The highest BCUT2D eigenvalue weighted by Gasteiger charge is 2.37. The molecular formula is C15H16O3. The van der Waals surface area contributed by atoms with Crippen molar-refractivity contribution >= 4 is 0 Å². The normalized spacial score (nSPS) is 21.9.